The van der Waals surface area contributed by atoms with Crippen LogP contribution in [0.3, 0.4) is 0 Å². The highest BCUT2D eigenvalue weighted by Gasteiger charge is 2.14. The van der Waals surface area contributed by atoms with E-state index in [9.17, 15) is 0 Å². The summed E-state index contributed by atoms with van der Waals surface area (Å²) in [4.78, 5) is 6.79. The van der Waals surface area contributed by atoms with Gasteiger partial charge in [-0.15, -0.1) is 24.0 Å². The summed E-state index contributed by atoms with van der Waals surface area (Å²) < 4.78 is 11.4. The quantitative estimate of drug-likeness (QED) is 0.183. The second-order valence-corrected chi connectivity index (χ2v) is 7.38. The van der Waals surface area contributed by atoms with Crippen LogP contribution in [0.15, 0.2) is 4.99 Å². The van der Waals surface area contributed by atoms with E-state index in [1.807, 2.05) is 7.05 Å². The molecule has 0 amide bonds. The lowest BCUT2D eigenvalue weighted by Crippen LogP contribution is -2.44. The number of nitrogens with one attached hydrogen (secondary N) is 2. The summed E-state index contributed by atoms with van der Waals surface area (Å²) in [5.74, 6) is 1.46. The Hall–Kier alpha value is -0.120. The lowest BCUT2D eigenvalue weighted by Gasteiger charge is -2.29. The zero-order valence-corrected chi connectivity index (χ0v) is 19.0. The van der Waals surface area contributed by atoms with Gasteiger partial charge in [-0.2, -0.15) is 0 Å². The maximum absolute atomic E-state index is 6.02. The molecule has 0 aromatic rings. The van der Waals surface area contributed by atoms with Crippen LogP contribution in [0.25, 0.3) is 0 Å². The van der Waals surface area contributed by atoms with Crippen LogP contribution in [-0.4, -0.2) is 76.6 Å². The number of hydrogen-bond acceptors (Lipinski definition) is 4. The number of halogens is 1. The highest BCUT2D eigenvalue weighted by Crippen LogP contribution is 2.19. The van der Waals surface area contributed by atoms with E-state index in [1.165, 1.54) is 38.5 Å². The molecule has 2 N–H and O–H groups in total. The van der Waals surface area contributed by atoms with Gasteiger partial charge in [0.05, 0.1) is 25.9 Å². The first-order valence-corrected chi connectivity index (χ1v) is 10.1. The second kappa shape index (κ2) is 14.9. The number of ether oxygens (including phenoxy) is 2. The topological polar surface area (TPSA) is 58.1 Å². The SMILES string of the molecule is CN=C(NCCOC1CCCCCC1)NCC(C)CN1CCOCC1.I. The van der Waals surface area contributed by atoms with Crippen molar-refractivity contribution < 1.29 is 9.47 Å². The van der Waals surface area contributed by atoms with Crippen LogP contribution in [0, 0.1) is 5.92 Å². The van der Waals surface area contributed by atoms with Crippen molar-refractivity contribution in [2.75, 3.05) is 59.6 Å². The Balaban J connectivity index is 0.00000338. The van der Waals surface area contributed by atoms with E-state index in [0.717, 1.165) is 58.5 Å². The van der Waals surface area contributed by atoms with E-state index in [-0.39, 0.29) is 24.0 Å². The van der Waals surface area contributed by atoms with Gasteiger partial charge in [-0.1, -0.05) is 32.6 Å². The molecule has 0 aromatic heterocycles. The van der Waals surface area contributed by atoms with Gasteiger partial charge < -0.3 is 20.1 Å². The largest absolute Gasteiger partial charge is 0.379 e. The van der Waals surface area contributed by atoms with E-state index in [0.29, 0.717) is 12.0 Å². The summed E-state index contributed by atoms with van der Waals surface area (Å²) in [7, 11) is 1.83. The van der Waals surface area contributed by atoms with Crippen molar-refractivity contribution in [3.05, 3.63) is 0 Å². The van der Waals surface area contributed by atoms with Gasteiger partial charge in [0, 0.05) is 39.8 Å². The molecular formula is C19H39IN4O2. The Morgan fingerprint density at radius 2 is 1.85 bits per heavy atom. The van der Waals surface area contributed by atoms with Crippen LogP contribution in [0.4, 0.5) is 0 Å². The Labute approximate surface area is 176 Å². The van der Waals surface area contributed by atoms with Crippen LogP contribution >= 0.6 is 24.0 Å². The molecule has 0 radical (unpaired) electrons. The van der Waals surface area contributed by atoms with Crippen LogP contribution in [0.2, 0.25) is 0 Å². The molecule has 1 saturated heterocycles. The zero-order chi connectivity index (χ0) is 17.7. The standard InChI is InChI=1S/C19H38N4O2.HI/c1-17(16-23-10-13-24-14-11-23)15-22-19(20-2)21-9-12-25-18-7-5-3-4-6-8-18;/h17-18H,3-16H2,1-2H3,(H2,20,21,22);1H. The fourth-order valence-corrected chi connectivity index (χ4v) is 3.58. The molecule has 7 heteroatoms. The summed E-state index contributed by atoms with van der Waals surface area (Å²) in [6, 6.07) is 0. The first kappa shape index (κ1) is 23.9. The molecule has 1 saturated carbocycles. The average Bonchev–Trinajstić information content (AvgIpc) is 2.91. The maximum Gasteiger partial charge on any atom is 0.191 e. The molecule has 1 heterocycles. The lowest BCUT2D eigenvalue weighted by molar-refractivity contribution is 0.0320. The molecule has 2 rings (SSSR count). The molecule has 1 aliphatic carbocycles. The molecule has 1 atom stereocenters. The Kier molecular flexibility index (Phi) is 13.7. The van der Waals surface area contributed by atoms with Gasteiger partial charge in [0.25, 0.3) is 0 Å². The third kappa shape index (κ3) is 10.3. The van der Waals surface area contributed by atoms with Gasteiger partial charge in [0.1, 0.15) is 0 Å². The van der Waals surface area contributed by atoms with Crippen LogP contribution < -0.4 is 10.6 Å². The fraction of sp³-hybridized carbons (Fsp3) is 0.947. The number of aliphatic imine (C=N–C) groups is 1. The van der Waals surface area contributed by atoms with Crippen molar-refractivity contribution in [2.45, 2.75) is 51.6 Å². The summed E-state index contributed by atoms with van der Waals surface area (Å²) >= 11 is 0. The van der Waals surface area contributed by atoms with Crippen LogP contribution in [0.1, 0.15) is 45.4 Å². The predicted octanol–water partition coefficient (Wildman–Crippen LogP) is 2.48. The number of hydrogen-bond donors (Lipinski definition) is 2. The van der Waals surface area contributed by atoms with E-state index in [4.69, 9.17) is 9.47 Å². The van der Waals surface area contributed by atoms with E-state index in [1.54, 1.807) is 0 Å². The van der Waals surface area contributed by atoms with Gasteiger partial charge in [-0.25, -0.2) is 0 Å². The van der Waals surface area contributed by atoms with Crippen molar-refractivity contribution in [1.82, 2.24) is 15.5 Å². The van der Waals surface area contributed by atoms with Crippen molar-refractivity contribution in [3.63, 3.8) is 0 Å². The van der Waals surface area contributed by atoms with Crippen molar-refractivity contribution in [1.29, 1.82) is 0 Å². The van der Waals surface area contributed by atoms with E-state index in [2.05, 4.69) is 27.4 Å². The Morgan fingerprint density at radius 3 is 2.50 bits per heavy atom. The lowest BCUT2D eigenvalue weighted by atomic mass is 10.1. The average molecular weight is 482 g/mol. The van der Waals surface area contributed by atoms with Gasteiger partial charge >= 0.3 is 0 Å². The van der Waals surface area contributed by atoms with Crippen molar-refractivity contribution in [3.8, 4) is 0 Å². The first-order valence-electron chi connectivity index (χ1n) is 10.1. The van der Waals surface area contributed by atoms with Gasteiger partial charge in [0.2, 0.25) is 0 Å². The minimum Gasteiger partial charge on any atom is -0.379 e. The highest BCUT2D eigenvalue weighted by atomic mass is 127. The summed E-state index contributed by atoms with van der Waals surface area (Å²) in [5.41, 5.74) is 0. The van der Waals surface area contributed by atoms with E-state index < -0.39 is 0 Å². The highest BCUT2D eigenvalue weighted by molar-refractivity contribution is 14.0. The Morgan fingerprint density at radius 1 is 1.15 bits per heavy atom. The molecule has 2 fully saturated rings. The molecule has 2 aliphatic rings. The molecule has 26 heavy (non-hydrogen) atoms. The number of nitrogens with zero attached hydrogens (tertiary/aromatic N) is 2. The predicted molar refractivity (Wildman–Crippen MR) is 119 cm³/mol. The van der Waals surface area contributed by atoms with Gasteiger partial charge in [-0.3, -0.25) is 9.89 Å². The minimum absolute atomic E-state index is 0. The van der Waals surface area contributed by atoms with Crippen molar-refractivity contribution in [2.24, 2.45) is 10.9 Å². The van der Waals surface area contributed by atoms with E-state index >= 15 is 0 Å². The summed E-state index contributed by atoms with van der Waals surface area (Å²) in [5, 5.41) is 6.80. The molecule has 154 valence electrons. The smallest absolute Gasteiger partial charge is 0.191 e. The van der Waals surface area contributed by atoms with Crippen LogP contribution in [-0.2, 0) is 9.47 Å². The molecular weight excluding hydrogens is 443 g/mol. The van der Waals surface area contributed by atoms with Crippen molar-refractivity contribution >= 4 is 29.9 Å². The monoisotopic (exact) mass is 482 g/mol. The number of morpholine rings is 1. The summed E-state index contributed by atoms with van der Waals surface area (Å²) in [6.45, 7) is 9.73. The maximum atomic E-state index is 6.02. The zero-order valence-electron chi connectivity index (χ0n) is 16.7. The Bertz CT molecular complexity index is 371. The molecule has 6 nitrogen and oxygen atoms in total. The molecule has 0 bridgehead atoms. The normalized spacial score (nSPS) is 21.5. The number of guanidine groups is 1. The molecule has 0 aromatic carbocycles. The van der Waals surface area contributed by atoms with Gasteiger partial charge in [0.15, 0.2) is 5.96 Å². The van der Waals surface area contributed by atoms with Crippen LogP contribution in [0.5, 0.6) is 0 Å². The second-order valence-electron chi connectivity index (χ2n) is 7.38. The minimum atomic E-state index is 0. The third-order valence-electron chi connectivity index (χ3n) is 5.07. The fourth-order valence-electron chi connectivity index (χ4n) is 3.58. The molecule has 1 unspecified atom stereocenters. The molecule has 0 spiro atoms. The van der Waals surface area contributed by atoms with Gasteiger partial charge in [-0.05, 0) is 18.8 Å². The third-order valence-corrected chi connectivity index (χ3v) is 5.07. The molecule has 1 aliphatic heterocycles. The summed E-state index contributed by atoms with van der Waals surface area (Å²) in [6.07, 6.45) is 8.31. The first-order chi connectivity index (χ1) is 12.3. The number of rotatable bonds is 8.